The van der Waals surface area contributed by atoms with Gasteiger partial charge < -0.3 is 5.11 Å². The van der Waals surface area contributed by atoms with Gasteiger partial charge in [0, 0.05) is 0 Å². The normalized spacial score (nSPS) is 10.1. The van der Waals surface area contributed by atoms with Crippen LogP contribution in [0.4, 0.5) is 5.69 Å². The molecule has 2 aromatic rings. The summed E-state index contributed by atoms with van der Waals surface area (Å²) in [6.45, 7) is 0. The van der Waals surface area contributed by atoms with E-state index in [1.165, 1.54) is 23.0 Å². The average Bonchev–Trinajstić information content (AvgIpc) is 2.78. The first-order valence-electron chi connectivity index (χ1n) is 4.61. The second kappa shape index (κ2) is 4.05. The molecule has 86 valence electrons. The molecule has 0 radical (unpaired) electrons. The number of nitrogens with zero attached hydrogens (tertiary/aromatic N) is 3. The Kier molecular flexibility index (Phi) is 2.57. The number of carboxylic acids is 1. The summed E-state index contributed by atoms with van der Waals surface area (Å²) < 4.78 is 1.17. The lowest BCUT2D eigenvalue weighted by Gasteiger charge is -2.04. The Balaban J connectivity index is 2.52. The van der Waals surface area contributed by atoms with E-state index in [4.69, 9.17) is 5.11 Å². The number of benzene rings is 1. The lowest BCUT2D eigenvalue weighted by Crippen LogP contribution is -2.05. The van der Waals surface area contributed by atoms with Crippen molar-refractivity contribution in [1.29, 1.82) is 0 Å². The zero-order chi connectivity index (χ0) is 12.4. The van der Waals surface area contributed by atoms with Crippen molar-refractivity contribution in [2.75, 3.05) is 0 Å². The maximum absolute atomic E-state index is 11.0. The molecule has 2 rings (SSSR count). The zero-order valence-electron chi connectivity index (χ0n) is 8.48. The number of hydrogen-bond acceptors (Lipinski definition) is 4. The molecule has 1 N–H and O–H groups in total. The molecule has 0 bridgehead atoms. The van der Waals surface area contributed by atoms with Crippen LogP contribution in [0.15, 0.2) is 36.7 Å². The minimum atomic E-state index is -1.11. The minimum Gasteiger partial charge on any atom is -0.478 e. The highest BCUT2D eigenvalue weighted by Gasteiger charge is 2.14. The van der Waals surface area contributed by atoms with E-state index in [0.717, 1.165) is 6.20 Å². The molecule has 0 unspecified atom stereocenters. The van der Waals surface area contributed by atoms with Crippen LogP contribution in [-0.2, 0) is 0 Å². The second-order valence-corrected chi connectivity index (χ2v) is 3.22. The summed E-state index contributed by atoms with van der Waals surface area (Å²) in [7, 11) is 0. The first-order valence-corrected chi connectivity index (χ1v) is 4.61. The van der Waals surface area contributed by atoms with Crippen molar-refractivity contribution in [2.45, 2.75) is 0 Å². The Morgan fingerprint density at radius 2 is 2.12 bits per heavy atom. The molecule has 0 aliphatic rings. The van der Waals surface area contributed by atoms with Gasteiger partial charge in [0.2, 0.25) is 0 Å². The summed E-state index contributed by atoms with van der Waals surface area (Å²) in [5.74, 6) is -1.11. The number of nitro groups is 1. The minimum absolute atomic E-state index is 0.0329. The smallest absolute Gasteiger partial charge is 0.337 e. The topological polar surface area (TPSA) is 98.3 Å². The van der Waals surface area contributed by atoms with Gasteiger partial charge in [-0.2, -0.15) is 5.10 Å². The first-order chi connectivity index (χ1) is 8.09. The van der Waals surface area contributed by atoms with E-state index in [1.54, 1.807) is 12.1 Å². The summed E-state index contributed by atoms with van der Waals surface area (Å²) in [6.07, 6.45) is 2.24. The molecule has 1 heterocycles. The predicted octanol–water partition coefficient (Wildman–Crippen LogP) is 1.48. The van der Waals surface area contributed by atoms with E-state index in [0.29, 0.717) is 0 Å². The first kappa shape index (κ1) is 10.8. The number of carbonyl (C=O) groups is 1. The van der Waals surface area contributed by atoms with E-state index >= 15 is 0 Å². The molecule has 0 spiro atoms. The highest BCUT2D eigenvalue weighted by molar-refractivity contribution is 5.91. The molecular weight excluding hydrogens is 226 g/mol. The van der Waals surface area contributed by atoms with Crippen molar-refractivity contribution in [2.24, 2.45) is 0 Å². The molecule has 7 nitrogen and oxygen atoms in total. The van der Waals surface area contributed by atoms with Crippen LogP contribution in [0.2, 0.25) is 0 Å². The standard InChI is InChI=1S/C10H7N3O4/c14-10(15)8-3-1-2-4-9(8)12-6-7(5-11-12)13(16)17/h1-6H,(H,14,15). The summed E-state index contributed by atoms with van der Waals surface area (Å²) in [5, 5.41) is 23.2. The molecule has 0 saturated carbocycles. The monoisotopic (exact) mass is 233 g/mol. The molecule has 7 heteroatoms. The fraction of sp³-hybridized carbons (Fsp3) is 0. The van der Waals surface area contributed by atoms with Crippen LogP contribution < -0.4 is 0 Å². The number of aromatic carboxylic acids is 1. The number of carboxylic acid groups (broad SMARTS) is 1. The Morgan fingerprint density at radius 1 is 1.41 bits per heavy atom. The van der Waals surface area contributed by atoms with Gasteiger partial charge in [-0.1, -0.05) is 12.1 Å². The molecule has 17 heavy (non-hydrogen) atoms. The van der Waals surface area contributed by atoms with Gasteiger partial charge in [-0.3, -0.25) is 10.1 Å². The molecule has 1 aromatic carbocycles. The van der Waals surface area contributed by atoms with Crippen LogP contribution in [0.5, 0.6) is 0 Å². The van der Waals surface area contributed by atoms with Crippen LogP contribution in [0.25, 0.3) is 5.69 Å². The van der Waals surface area contributed by atoms with Gasteiger partial charge in [0.25, 0.3) is 0 Å². The van der Waals surface area contributed by atoms with Crippen LogP contribution >= 0.6 is 0 Å². The van der Waals surface area contributed by atoms with Crippen molar-refractivity contribution >= 4 is 11.7 Å². The lowest BCUT2D eigenvalue weighted by molar-refractivity contribution is -0.384. The SMILES string of the molecule is O=C(O)c1ccccc1-n1cc([N+](=O)[O-])cn1. The van der Waals surface area contributed by atoms with Gasteiger partial charge in [0.05, 0.1) is 16.2 Å². The van der Waals surface area contributed by atoms with Crippen LogP contribution in [0.3, 0.4) is 0 Å². The number of aromatic nitrogens is 2. The van der Waals surface area contributed by atoms with Gasteiger partial charge in [-0.05, 0) is 12.1 Å². The highest BCUT2D eigenvalue weighted by atomic mass is 16.6. The van der Waals surface area contributed by atoms with Crippen LogP contribution in [0.1, 0.15) is 10.4 Å². The maximum atomic E-state index is 11.0. The molecule has 1 aromatic heterocycles. The van der Waals surface area contributed by atoms with Crippen molar-refractivity contribution in [3.8, 4) is 5.69 Å². The van der Waals surface area contributed by atoms with Gasteiger partial charge in [0.1, 0.15) is 12.4 Å². The van der Waals surface area contributed by atoms with Crippen molar-refractivity contribution in [3.63, 3.8) is 0 Å². The Hall–Kier alpha value is -2.70. The van der Waals surface area contributed by atoms with Crippen molar-refractivity contribution in [3.05, 3.63) is 52.3 Å². The molecular formula is C10H7N3O4. The number of para-hydroxylation sites is 1. The van der Waals surface area contributed by atoms with Gasteiger partial charge in [-0.15, -0.1) is 0 Å². The Bertz CT molecular complexity index is 591. The number of hydrogen-bond donors (Lipinski definition) is 1. The third-order valence-electron chi connectivity index (χ3n) is 2.16. The van der Waals surface area contributed by atoms with Crippen LogP contribution in [-0.4, -0.2) is 25.8 Å². The lowest BCUT2D eigenvalue weighted by atomic mass is 10.2. The van der Waals surface area contributed by atoms with Crippen LogP contribution in [0, 0.1) is 10.1 Å². The second-order valence-electron chi connectivity index (χ2n) is 3.22. The zero-order valence-corrected chi connectivity index (χ0v) is 8.48. The van der Waals surface area contributed by atoms with E-state index in [1.807, 2.05) is 0 Å². The summed E-state index contributed by atoms with van der Waals surface area (Å²) in [4.78, 5) is 20.9. The average molecular weight is 233 g/mol. The largest absolute Gasteiger partial charge is 0.478 e. The third kappa shape index (κ3) is 1.98. The third-order valence-corrected chi connectivity index (χ3v) is 2.16. The van der Waals surface area contributed by atoms with E-state index < -0.39 is 10.9 Å². The highest BCUT2D eigenvalue weighted by Crippen LogP contribution is 2.17. The van der Waals surface area contributed by atoms with Crippen molar-refractivity contribution < 1.29 is 14.8 Å². The van der Waals surface area contributed by atoms with Gasteiger partial charge in [-0.25, -0.2) is 9.48 Å². The van der Waals surface area contributed by atoms with Gasteiger partial charge in [0.15, 0.2) is 0 Å². The molecule has 0 saturated heterocycles. The fourth-order valence-electron chi connectivity index (χ4n) is 1.39. The Labute approximate surface area is 95.1 Å². The molecule has 0 aliphatic heterocycles. The van der Waals surface area contributed by atoms with E-state index in [-0.39, 0.29) is 16.9 Å². The van der Waals surface area contributed by atoms with E-state index in [9.17, 15) is 14.9 Å². The van der Waals surface area contributed by atoms with E-state index in [2.05, 4.69) is 5.10 Å². The fourth-order valence-corrected chi connectivity index (χ4v) is 1.39. The Morgan fingerprint density at radius 3 is 2.71 bits per heavy atom. The summed E-state index contributed by atoms with van der Waals surface area (Å²) in [6, 6.07) is 6.14. The molecule has 0 aliphatic carbocycles. The predicted molar refractivity (Wildman–Crippen MR) is 57.2 cm³/mol. The molecule has 0 fully saturated rings. The van der Waals surface area contributed by atoms with Gasteiger partial charge >= 0.3 is 11.7 Å². The molecule has 0 atom stereocenters. The quantitative estimate of drug-likeness (QED) is 0.639. The summed E-state index contributed by atoms with van der Waals surface area (Å²) >= 11 is 0. The van der Waals surface area contributed by atoms with Crippen molar-refractivity contribution in [1.82, 2.24) is 9.78 Å². The summed E-state index contributed by atoms with van der Waals surface area (Å²) in [5.41, 5.74) is 0.129. The molecule has 0 amide bonds. The number of rotatable bonds is 3. The maximum Gasteiger partial charge on any atom is 0.337 e.